The third kappa shape index (κ3) is 3.77. The number of carbonyl (C=O) groups is 1. The standard InChI is InChI=1S/C19H21FN2O/c1-13(22-12-14-4-7-17(20)8-5-14)19(23)16-6-9-18-15(11-16)3-2-10-21-18/h4-9,11,13,21-22H,2-3,10,12H2,1H3. The van der Waals surface area contributed by atoms with Crippen molar-refractivity contribution in [3.05, 3.63) is 65.0 Å². The van der Waals surface area contributed by atoms with E-state index in [1.165, 1.54) is 17.7 Å². The number of Topliss-reactive ketones (excluding diaryl/α,β-unsaturated/α-hetero) is 1. The van der Waals surface area contributed by atoms with E-state index in [-0.39, 0.29) is 17.6 Å². The van der Waals surface area contributed by atoms with Crippen molar-refractivity contribution in [2.24, 2.45) is 0 Å². The minimum Gasteiger partial charge on any atom is -0.385 e. The van der Waals surface area contributed by atoms with Gasteiger partial charge in [0, 0.05) is 24.3 Å². The molecule has 2 aromatic carbocycles. The predicted molar refractivity (Wildman–Crippen MR) is 90.3 cm³/mol. The van der Waals surface area contributed by atoms with Gasteiger partial charge < -0.3 is 10.6 Å². The van der Waals surface area contributed by atoms with Gasteiger partial charge in [0.25, 0.3) is 0 Å². The van der Waals surface area contributed by atoms with Gasteiger partial charge in [-0.05, 0) is 61.2 Å². The van der Waals surface area contributed by atoms with Crippen LogP contribution < -0.4 is 10.6 Å². The van der Waals surface area contributed by atoms with Crippen molar-refractivity contribution in [3.8, 4) is 0 Å². The van der Waals surface area contributed by atoms with Gasteiger partial charge in [0.05, 0.1) is 6.04 Å². The predicted octanol–water partition coefficient (Wildman–Crippen LogP) is 3.54. The Hall–Kier alpha value is -2.20. The summed E-state index contributed by atoms with van der Waals surface area (Å²) in [6.45, 7) is 3.40. The van der Waals surface area contributed by atoms with Crippen LogP contribution in [-0.4, -0.2) is 18.4 Å². The molecule has 3 rings (SSSR count). The van der Waals surface area contributed by atoms with E-state index in [9.17, 15) is 9.18 Å². The maximum absolute atomic E-state index is 12.9. The topological polar surface area (TPSA) is 41.1 Å². The third-order valence-corrected chi connectivity index (χ3v) is 4.25. The van der Waals surface area contributed by atoms with Gasteiger partial charge in [-0.15, -0.1) is 0 Å². The van der Waals surface area contributed by atoms with E-state index < -0.39 is 0 Å². The van der Waals surface area contributed by atoms with Crippen molar-refractivity contribution < 1.29 is 9.18 Å². The summed E-state index contributed by atoms with van der Waals surface area (Å²) in [5.41, 5.74) is 4.06. The van der Waals surface area contributed by atoms with Gasteiger partial charge in [0.2, 0.25) is 0 Å². The average molecular weight is 312 g/mol. The van der Waals surface area contributed by atoms with Crippen molar-refractivity contribution in [2.45, 2.75) is 32.4 Å². The van der Waals surface area contributed by atoms with Crippen LogP contribution in [-0.2, 0) is 13.0 Å². The molecule has 0 aliphatic carbocycles. The highest BCUT2D eigenvalue weighted by Gasteiger charge is 2.17. The maximum atomic E-state index is 12.9. The number of aryl methyl sites for hydroxylation is 1. The molecule has 0 amide bonds. The fraction of sp³-hybridized carbons (Fsp3) is 0.316. The summed E-state index contributed by atoms with van der Waals surface area (Å²) < 4.78 is 12.9. The highest BCUT2D eigenvalue weighted by atomic mass is 19.1. The maximum Gasteiger partial charge on any atom is 0.179 e. The molecule has 1 atom stereocenters. The lowest BCUT2D eigenvalue weighted by atomic mass is 9.97. The summed E-state index contributed by atoms with van der Waals surface area (Å²) in [6.07, 6.45) is 2.11. The zero-order chi connectivity index (χ0) is 16.2. The normalized spacial score (nSPS) is 14.7. The molecule has 2 aromatic rings. The molecule has 0 radical (unpaired) electrons. The highest BCUT2D eigenvalue weighted by molar-refractivity contribution is 6.00. The van der Waals surface area contributed by atoms with Crippen LogP contribution in [0.3, 0.4) is 0 Å². The van der Waals surface area contributed by atoms with Crippen LogP contribution in [0.4, 0.5) is 10.1 Å². The first-order chi connectivity index (χ1) is 11.1. The molecule has 1 aliphatic rings. The summed E-state index contributed by atoms with van der Waals surface area (Å²) in [7, 11) is 0. The SMILES string of the molecule is CC(NCc1ccc(F)cc1)C(=O)c1ccc2c(c1)CCCN2. The summed E-state index contributed by atoms with van der Waals surface area (Å²) in [5.74, 6) is -0.166. The molecule has 0 spiro atoms. The average Bonchev–Trinajstić information content (AvgIpc) is 2.60. The van der Waals surface area contributed by atoms with E-state index in [0.717, 1.165) is 36.2 Å². The second-order valence-corrected chi connectivity index (χ2v) is 6.00. The van der Waals surface area contributed by atoms with Crippen LogP contribution >= 0.6 is 0 Å². The van der Waals surface area contributed by atoms with Crippen LogP contribution in [0.25, 0.3) is 0 Å². The Labute approximate surface area is 135 Å². The van der Waals surface area contributed by atoms with Gasteiger partial charge in [-0.2, -0.15) is 0 Å². The molecule has 0 bridgehead atoms. The fourth-order valence-corrected chi connectivity index (χ4v) is 2.84. The number of halogens is 1. The molecule has 4 heteroatoms. The zero-order valence-corrected chi connectivity index (χ0v) is 13.2. The number of carbonyl (C=O) groups excluding carboxylic acids is 1. The Morgan fingerprint density at radius 3 is 2.83 bits per heavy atom. The van der Waals surface area contributed by atoms with E-state index in [1.54, 1.807) is 12.1 Å². The molecular formula is C19H21FN2O. The first-order valence-electron chi connectivity index (χ1n) is 8.02. The molecule has 2 N–H and O–H groups in total. The molecule has 0 saturated heterocycles. The van der Waals surface area contributed by atoms with E-state index in [1.807, 2.05) is 25.1 Å². The summed E-state index contributed by atoms with van der Waals surface area (Å²) in [5, 5.41) is 6.56. The van der Waals surface area contributed by atoms with E-state index in [2.05, 4.69) is 10.6 Å². The minimum absolute atomic E-state index is 0.0838. The Balaban J connectivity index is 1.64. The van der Waals surface area contributed by atoms with Crippen LogP contribution in [0.5, 0.6) is 0 Å². The van der Waals surface area contributed by atoms with Crippen LogP contribution in [0, 0.1) is 5.82 Å². The molecule has 1 heterocycles. The quantitative estimate of drug-likeness (QED) is 0.830. The van der Waals surface area contributed by atoms with Crippen molar-refractivity contribution in [1.29, 1.82) is 0 Å². The Bertz CT molecular complexity index is 697. The van der Waals surface area contributed by atoms with Gasteiger partial charge in [0.1, 0.15) is 5.82 Å². The Morgan fingerprint density at radius 1 is 1.26 bits per heavy atom. The number of rotatable bonds is 5. The van der Waals surface area contributed by atoms with Gasteiger partial charge in [-0.25, -0.2) is 4.39 Å². The Morgan fingerprint density at radius 2 is 2.04 bits per heavy atom. The number of hydrogen-bond acceptors (Lipinski definition) is 3. The number of nitrogens with one attached hydrogen (secondary N) is 2. The van der Waals surface area contributed by atoms with Gasteiger partial charge >= 0.3 is 0 Å². The molecule has 3 nitrogen and oxygen atoms in total. The molecule has 0 saturated carbocycles. The lowest BCUT2D eigenvalue weighted by Crippen LogP contribution is -2.33. The number of fused-ring (bicyclic) bond motifs is 1. The van der Waals surface area contributed by atoms with Crippen LogP contribution in [0.2, 0.25) is 0 Å². The minimum atomic E-state index is -0.283. The zero-order valence-electron chi connectivity index (χ0n) is 13.2. The van der Waals surface area contributed by atoms with Crippen molar-refractivity contribution in [3.63, 3.8) is 0 Å². The summed E-state index contributed by atoms with van der Waals surface area (Å²) >= 11 is 0. The molecule has 0 fully saturated rings. The van der Waals surface area contributed by atoms with Crippen molar-refractivity contribution in [2.75, 3.05) is 11.9 Å². The fourth-order valence-electron chi connectivity index (χ4n) is 2.84. The van der Waals surface area contributed by atoms with Gasteiger partial charge in [0.15, 0.2) is 5.78 Å². The monoisotopic (exact) mass is 312 g/mol. The van der Waals surface area contributed by atoms with Crippen molar-refractivity contribution in [1.82, 2.24) is 5.32 Å². The summed E-state index contributed by atoms with van der Waals surface area (Å²) in [6, 6.07) is 11.9. The summed E-state index contributed by atoms with van der Waals surface area (Å²) in [4.78, 5) is 12.6. The smallest absolute Gasteiger partial charge is 0.179 e. The molecule has 1 unspecified atom stereocenters. The van der Waals surface area contributed by atoms with Crippen LogP contribution in [0.1, 0.15) is 34.8 Å². The van der Waals surface area contributed by atoms with Crippen molar-refractivity contribution >= 4 is 11.5 Å². The molecular weight excluding hydrogens is 291 g/mol. The number of ketones is 1. The number of anilines is 1. The number of benzene rings is 2. The van der Waals surface area contributed by atoms with E-state index >= 15 is 0 Å². The lowest BCUT2D eigenvalue weighted by molar-refractivity contribution is 0.0950. The van der Waals surface area contributed by atoms with E-state index in [0.29, 0.717) is 6.54 Å². The number of hydrogen-bond donors (Lipinski definition) is 2. The molecule has 1 aliphatic heterocycles. The first kappa shape index (κ1) is 15.7. The lowest BCUT2D eigenvalue weighted by Gasteiger charge is -2.19. The highest BCUT2D eigenvalue weighted by Crippen LogP contribution is 2.23. The van der Waals surface area contributed by atoms with Gasteiger partial charge in [-0.3, -0.25) is 4.79 Å². The van der Waals surface area contributed by atoms with Gasteiger partial charge in [-0.1, -0.05) is 12.1 Å². The second-order valence-electron chi connectivity index (χ2n) is 6.00. The molecule has 23 heavy (non-hydrogen) atoms. The largest absolute Gasteiger partial charge is 0.385 e. The third-order valence-electron chi connectivity index (χ3n) is 4.25. The molecule has 120 valence electrons. The first-order valence-corrected chi connectivity index (χ1v) is 8.02. The van der Waals surface area contributed by atoms with Crippen LogP contribution in [0.15, 0.2) is 42.5 Å². The Kier molecular flexibility index (Phi) is 4.72. The van der Waals surface area contributed by atoms with E-state index in [4.69, 9.17) is 0 Å². The molecule has 0 aromatic heterocycles. The second kappa shape index (κ2) is 6.92.